The molecule has 0 atom stereocenters. The molecule has 1 aromatic heterocycles. The molecule has 1 aromatic rings. The molecule has 10 heavy (non-hydrogen) atoms. The van der Waals surface area contributed by atoms with Crippen molar-refractivity contribution >= 4 is 11.3 Å². The van der Waals surface area contributed by atoms with Gasteiger partial charge in [0.2, 0.25) is 0 Å². The Morgan fingerprint density at radius 2 is 2.40 bits per heavy atom. The van der Waals surface area contributed by atoms with Gasteiger partial charge < -0.3 is 4.57 Å². The summed E-state index contributed by atoms with van der Waals surface area (Å²) >= 11 is 1.25. The van der Waals surface area contributed by atoms with Gasteiger partial charge in [0.05, 0.1) is 0 Å². The Labute approximate surface area is 64.1 Å². The van der Waals surface area contributed by atoms with Crippen LogP contribution in [0.2, 0.25) is 0 Å². The second-order valence-electron chi connectivity index (χ2n) is 2.72. The lowest BCUT2D eigenvalue weighted by atomic mass is 10.2. The van der Waals surface area contributed by atoms with E-state index in [2.05, 4.69) is 13.8 Å². The predicted molar refractivity (Wildman–Crippen MR) is 43.4 cm³/mol. The van der Waals surface area contributed by atoms with Crippen molar-refractivity contribution in [2.45, 2.75) is 20.4 Å². The van der Waals surface area contributed by atoms with Crippen molar-refractivity contribution in [2.75, 3.05) is 0 Å². The van der Waals surface area contributed by atoms with Crippen LogP contribution in [0.1, 0.15) is 13.8 Å². The quantitative estimate of drug-likeness (QED) is 0.638. The zero-order valence-electron chi connectivity index (χ0n) is 6.20. The van der Waals surface area contributed by atoms with E-state index in [-0.39, 0.29) is 4.87 Å². The van der Waals surface area contributed by atoms with Crippen molar-refractivity contribution in [1.82, 2.24) is 4.57 Å². The first-order valence-electron chi connectivity index (χ1n) is 3.34. The summed E-state index contributed by atoms with van der Waals surface area (Å²) < 4.78 is 1.75. The van der Waals surface area contributed by atoms with Gasteiger partial charge in [-0.2, -0.15) is 0 Å². The summed E-state index contributed by atoms with van der Waals surface area (Å²) in [7, 11) is 0. The van der Waals surface area contributed by atoms with Gasteiger partial charge in [-0.25, -0.2) is 0 Å². The standard InChI is InChI=1S/C7H11NOS/c1-6(2)5-8-3-4-10-7(8)9/h3-4,6H,5H2,1-2H3. The average Bonchev–Trinajstić information content (AvgIpc) is 2.15. The van der Waals surface area contributed by atoms with E-state index in [0.717, 1.165) is 6.54 Å². The first-order chi connectivity index (χ1) is 4.70. The van der Waals surface area contributed by atoms with Crippen LogP contribution < -0.4 is 4.87 Å². The van der Waals surface area contributed by atoms with Crippen LogP contribution in [-0.2, 0) is 6.54 Å². The van der Waals surface area contributed by atoms with Crippen LogP contribution in [0, 0.1) is 5.92 Å². The Morgan fingerprint density at radius 3 is 2.80 bits per heavy atom. The smallest absolute Gasteiger partial charge is 0.306 e. The Balaban J connectivity index is 2.75. The summed E-state index contributed by atoms with van der Waals surface area (Å²) in [6.07, 6.45) is 1.84. The highest BCUT2D eigenvalue weighted by atomic mass is 32.1. The molecular formula is C7H11NOS. The van der Waals surface area contributed by atoms with Crippen molar-refractivity contribution in [3.63, 3.8) is 0 Å². The van der Waals surface area contributed by atoms with Crippen LogP contribution in [0.5, 0.6) is 0 Å². The zero-order valence-corrected chi connectivity index (χ0v) is 7.02. The van der Waals surface area contributed by atoms with Gasteiger partial charge >= 0.3 is 4.87 Å². The van der Waals surface area contributed by atoms with Crippen LogP contribution in [0.3, 0.4) is 0 Å². The minimum Gasteiger partial charge on any atom is -0.306 e. The highest BCUT2D eigenvalue weighted by molar-refractivity contribution is 7.07. The molecular weight excluding hydrogens is 146 g/mol. The van der Waals surface area contributed by atoms with E-state index in [4.69, 9.17) is 0 Å². The topological polar surface area (TPSA) is 22.0 Å². The highest BCUT2D eigenvalue weighted by Crippen LogP contribution is 1.97. The Hall–Kier alpha value is -0.570. The first kappa shape index (κ1) is 7.54. The summed E-state index contributed by atoms with van der Waals surface area (Å²) in [4.78, 5) is 11.1. The van der Waals surface area contributed by atoms with Crippen LogP contribution >= 0.6 is 11.3 Å². The van der Waals surface area contributed by atoms with E-state index in [1.807, 2.05) is 11.6 Å². The molecule has 0 amide bonds. The Kier molecular flexibility index (Phi) is 2.27. The first-order valence-corrected chi connectivity index (χ1v) is 4.22. The molecule has 0 spiro atoms. The monoisotopic (exact) mass is 157 g/mol. The van der Waals surface area contributed by atoms with Gasteiger partial charge in [-0.05, 0) is 5.92 Å². The molecule has 0 aromatic carbocycles. The fourth-order valence-electron chi connectivity index (χ4n) is 0.819. The molecule has 0 radical (unpaired) electrons. The van der Waals surface area contributed by atoms with Crippen molar-refractivity contribution in [3.05, 3.63) is 21.2 Å². The fourth-order valence-corrected chi connectivity index (χ4v) is 1.41. The van der Waals surface area contributed by atoms with E-state index < -0.39 is 0 Å². The lowest BCUT2D eigenvalue weighted by Gasteiger charge is -2.02. The van der Waals surface area contributed by atoms with Gasteiger partial charge in [0, 0.05) is 18.1 Å². The van der Waals surface area contributed by atoms with Gasteiger partial charge in [-0.3, -0.25) is 4.79 Å². The molecule has 0 aliphatic rings. The minimum atomic E-state index is 0.147. The van der Waals surface area contributed by atoms with Crippen molar-refractivity contribution in [1.29, 1.82) is 0 Å². The van der Waals surface area contributed by atoms with E-state index in [0.29, 0.717) is 5.92 Å². The third-order valence-corrected chi connectivity index (χ3v) is 1.90. The lowest BCUT2D eigenvalue weighted by molar-refractivity contribution is 0.518. The fraction of sp³-hybridized carbons (Fsp3) is 0.571. The molecule has 0 N–H and O–H groups in total. The summed E-state index contributed by atoms with van der Waals surface area (Å²) in [5.74, 6) is 0.548. The number of hydrogen-bond acceptors (Lipinski definition) is 2. The maximum Gasteiger partial charge on any atom is 0.307 e. The van der Waals surface area contributed by atoms with Crippen LogP contribution in [0.15, 0.2) is 16.4 Å². The molecule has 0 saturated heterocycles. The van der Waals surface area contributed by atoms with Gasteiger partial charge in [-0.1, -0.05) is 25.2 Å². The molecule has 1 heterocycles. The highest BCUT2D eigenvalue weighted by Gasteiger charge is 1.97. The zero-order chi connectivity index (χ0) is 7.56. The summed E-state index contributed by atoms with van der Waals surface area (Å²) in [5.41, 5.74) is 0. The van der Waals surface area contributed by atoms with Crippen LogP contribution in [0.4, 0.5) is 0 Å². The van der Waals surface area contributed by atoms with Crippen molar-refractivity contribution in [2.24, 2.45) is 5.92 Å². The summed E-state index contributed by atoms with van der Waals surface area (Å²) in [5, 5.41) is 1.82. The van der Waals surface area contributed by atoms with Crippen LogP contribution in [-0.4, -0.2) is 4.57 Å². The van der Waals surface area contributed by atoms with Gasteiger partial charge in [0.1, 0.15) is 0 Å². The van der Waals surface area contributed by atoms with Gasteiger partial charge in [-0.15, -0.1) is 0 Å². The lowest BCUT2D eigenvalue weighted by Crippen LogP contribution is -2.14. The summed E-state index contributed by atoms with van der Waals surface area (Å²) in [6.45, 7) is 5.04. The van der Waals surface area contributed by atoms with E-state index in [1.165, 1.54) is 11.3 Å². The molecule has 0 aliphatic carbocycles. The van der Waals surface area contributed by atoms with Crippen LogP contribution in [0.25, 0.3) is 0 Å². The largest absolute Gasteiger partial charge is 0.307 e. The number of nitrogens with zero attached hydrogens (tertiary/aromatic N) is 1. The third-order valence-electron chi connectivity index (χ3n) is 1.21. The van der Waals surface area contributed by atoms with Crippen molar-refractivity contribution < 1.29 is 0 Å². The molecule has 0 saturated carbocycles. The molecule has 3 heteroatoms. The molecule has 0 unspecified atom stereocenters. The molecule has 56 valence electrons. The predicted octanol–water partition coefficient (Wildman–Crippen LogP) is 1.57. The number of hydrogen-bond donors (Lipinski definition) is 0. The van der Waals surface area contributed by atoms with E-state index >= 15 is 0 Å². The number of thiazole rings is 1. The van der Waals surface area contributed by atoms with Gasteiger partial charge in [0.15, 0.2) is 0 Å². The SMILES string of the molecule is CC(C)Cn1ccsc1=O. The molecule has 0 fully saturated rings. The number of rotatable bonds is 2. The molecule has 0 aliphatic heterocycles. The molecule has 2 nitrogen and oxygen atoms in total. The third kappa shape index (κ3) is 1.70. The molecule has 1 rings (SSSR count). The summed E-state index contributed by atoms with van der Waals surface area (Å²) in [6, 6.07) is 0. The second kappa shape index (κ2) is 3.01. The van der Waals surface area contributed by atoms with Gasteiger partial charge in [0.25, 0.3) is 0 Å². The van der Waals surface area contributed by atoms with E-state index in [9.17, 15) is 4.79 Å². The normalized spacial score (nSPS) is 10.7. The second-order valence-corrected chi connectivity index (χ2v) is 3.57. The number of aromatic nitrogens is 1. The maximum absolute atomic E-state index is 10.9. The Bertz CT molecular complexity index is 248. The molecule has 0 bridgehead atoms. The average molecular weight is 157 g/mol. The minimum absolute atomic E-state index is 0.147. The van der Waals surface area contributed by atoms with E-state index in [1.54, 1.807) is 4.57 Å². The maximum atomic E-state index is 10.9. The van der Waals surface area contributed by atoms with Crippen molar-refractivity contribution in [3.8, 4) is 0 Å². The Morgan fingerprint density at radius 1 is 1.70 bits per heavy atom.